The van der Waals surface area contributed by atoms with E-state index in [0.717, 1.165) is 79.5 Å². The van der Waals surface area contributed by atoms with Crippen LogP contribution in [0.2, 0.25) is 0 Å². The average molecular weight is 421 g/mol. The lowest BCUT2D eigenvalue weighted by Gasteiger charge is -2.24. The lowest BCUT2D eigenvalue weighted by molar-refractivity contribution is -0.134. The van der Waals surface area contributed by atoms with Crippen molar-refractivity contribution in [2.45, 2.75) is 47.0 Å². The number of amides is 1. The fourth-order valence-corrected chi connectivity index (χ4v) is 4.23. The van der Waals surface area contributed by atoms with Gasteiger partial charge in [0.25, 0.3) is 0 Å². The molecule has 0 N–H and O–H groups in total. The number of aryl methyl sites for hydroxylation is 2. The van der Waals surface area contributed by atoms with Gasteiger partial charge in [-0.05, 0) is 31.9 Å². The molecule has 1 aromatic carbocycles. The summed E-state index contributed by atoms with van der Waals surface area (Å²) in [6, 6.07) is 10.1. The minimum Gasteiger partial charge on any atom is -0.354 e. The van der Waals surface area contributed by atoms with Gasteiger partial charge in [0.2, 0.25) is 5.91 Å². The molecular weight excluding hydrogens is 388 g/mol. The number of aromatic nitrogens is 4. The highest BCUT2D eigenvalue weighted by Gasteiger charge is 2.25. The SMILES string of the molecule is CCCc1nc(N2CCCN(C(=O)C(C)C)CC2)c2c(C)nn(-c3ccccc3)c2n1. The van der Waals surface area contributed by atoms with Gasteiger partial charge in [-0.1, -0.05) is 39.0 Å². The number of carbonyl (C=O) groups is 1. The molecule has 1 aliphatic heterocycles. The van der Waals surface area contributed by atoms with Crippen molar-refractivity contribution in [3.63, 3.8) is 0 Å². The molecule has 0 unspecified atom stereocenters. The van der Waals surface area contributed by atoms with Crippen LogP contribution in [0.4, 0.5) is 5.82 Å². The summed E-state index contributed by atoms with van der Waals surface area (Å²) in [6.45, 7) is 11.3. The van der Waals surface area contributed by atoms with Gasteiger partial charge in [0.15, 0.2) is 5.65 Å². The van der Waals surface area contributed by atoms with Crippen LogP contribution in [0.1, 0.15) is 45.1 Å². The van der Waals surface area contributed by atoms with Crippen LogP contribution in [0.5, 0.6) is 0 Å². The van der Waals surface area contributed by atoms with Gasteiger partial charge >= 0.3 is 0 Å². The minimum absolute atomic E-state index is 0.0276. The highest BCUT2D eigenvalue weighted by Crippen LogP contribution is 2.30. The molecule has 0 bridgehead atoms. The maximum Gasteiger partial charge on any atom is 0.225 e. The van der Waals surface area contributed by atoms with Crippen molar-refractivity contribution >= 4 is 22.8 Å². The topological polar surface area (TPSA) is 67.2 Å². The molecule has 1 fully saturated rings. The Morgan fingerprint density at radius 3 is 2.55 bits per heavy atom. The molecule has 7 heteroatoms. The summed E-state index contributed by atoms with van der Waals surface area (Å²) < 4.78 is 1.93. The van der Waals surface area contributed by atoms with Gasteiger partial charge in [-0.2, -0.15) is 5.10 Å². The van der Waals surface area contributed by atoms with E-state index in [-0.39, 0.29) is 11.8 Å². The molecule has 0 atom stereocenters. The number of hydrogen-bond acceptors (Lipinski definition) is 5. The van der Waals surface area contributed by atoms with E-state index in [1.165, 1.54) is 0 Å². The highest BCUT2D eigenvalue weighted by atomic mass is 16.2. The van der Waals surface area contributed by atoms with Crippen molar-refractivity contribution in [3.05, 3.63) is 41.9 Å². The van der Waals surface area contributed by atoms with Crippen LogP contribution in [-0.2, 0) is 11.2 Å². The zero-order valence-corrected chi connectivity index (χ0v) is 19.0. The number of carbonyl (C=O) groups excluding carboxylic acids is 1. The van der Waals surface area contributed by atoms with Crippen LogP contribution >= 0.6 is 0 Å². The molecule has 3 aromatic rings. The number of hydrogen-bond donors (Lipinski definition) is 0. The number of benzene rings is 1. The third kappa shape index (κ3) is 4.27. The van der Waals surface area contributed by atoms with Gasteiger partial charge in [-0.3, -0.25) is 4.79 Å². The first-order chi connectivity index (χ1) is 15.0. The molecule has 31 heavy (non-hydrogen) atoms. The third-order valence-corrected chi connectivity index (χ3v) is 5.80. The third-order valence-electron chi connectivity index (χ3n) is 5.80. The lowest BCUT2D eigenvalue weighted by atomic mass is 10.2. The smallest absolute Gasteiger partial charge is 0.225 e. The summed E-state index contributed by atoms with van der Waals surface area (Å²) in [6.07, 6.45) is 2.74. The molecule has 7 nitrogen and oxygen atoms in total. The Morgan fingerprint density at radius 1 is 1.06 bits per heavy atom. The number of rotatable bonds is 5. The summed E-state index contributed by atoms with van der Waals surface area (Å²) in [5, 5.41) is 5.84. The summed E-state index contributed by atoms with van der Waals surface area (Å²) in [5.41, 5.74) is 2.78. The predicted octanol–water partition coefficient (Wildman–Crippen LogP) is 3.77. The number of anilines is 1. The molecule has 0 saturated carbocycles. The average Bonchev–Trinajstić information content (AvgIpc) is 2.94. The zero-order valence-electron chi connectivity index (χ0n) is 19.0. The zero-order chi connectivity index (χ0) is 22.0. The van der Waals surface area contributed by atoms with E-state index in [0.29, 0.717) is 0 Å². The van der Waals surface area contributed by atoms with Gasteiger partial charge in [0, 0.05) is 38.5 Å². The second-order valence-electron chi connectivity index (χ2n) is 8.57. The Labute approximate surface area is 184 Å². The molecule has 2 aromatic heterocycles. The van der Waals surface area contributed by atoms with Crippen LogP contribution in [0.25, 0.3) is 16.7 Å². The van der Waals surface area contributed by atoms with Crippen LogP contribution in [0.15, 0.2) is 30.3 Å². The summed E-state index contributed by atoms with van der Waals surface area (Å²) in [5.74, 6) is 2.06. The molecule has 1 amide bonds. The summed E-state index contributed by atoms with van der Waals surface area (Å²) >= 11 is 0. The van der Waals surface area contributed by atoms with Gasteiger partial charge < -0.3 is 9.80 Å². The van der Waals surface area contributed by atoms with Crippen molar-refractivity contribution in [3.8, 4) is 5.69 Å². The monoisotopic (exact) mass is 420 g/mol. The summed E-state index contributed by atoms with van der Waals surface area (Å²) in [7, 11) is 0. The van der Waals surface area contributed by atoms with Gasteiger partial charge in [0.1, 0.15) is 11.6 Å². The molecule has 1 aliphatic rings. The molecule has 0 spiro atoms. The van der Waals surface area contributed by atoms with Crippen LogP contribution in [0.3, 0.4) is 0 Å². The number of fused-ring (bicyclic) bond motifs is 1. The highest BCUT2D eigenvalue weighted by molar-refractivity contribution is 5.91. The standard InChI is InChI=1S/C24H32N6O/c1-5-10-20-25-22(28-13-9-14-29(16-15-28)24(31)17(2)3)21-18(4)27-30(23(21)26-20)19-11-7-6-8-12-19/h6-8,11-12,17H,5,9-10,13-16H2,1-4H3. The van der Waals surface area contributed by atoms with E-state index < -0.39 is 0 Å². The van der Waals surface area contributed by atoms with Crippen LogP contribution in [-0.4, -0.2) is 56.7 Å². The van der Waals surface area contributed by atoms with E-state index in [1.807, 2.05) is 48.6 Å². The number of nitrogens with zero attached hydrogens (tertiary/aromatic N) is 6. The molecule has 3 heterocycles. The lowest BCUT2D eigenvalue weighted by Crippen LogP contribution is -2.37. The molecule has 164 valence electrons. The largest absolute Gasteiger partial charge is 0.354 e. The molecule has 0 radical (unpaired) electrons. The predicted molar refractivity (Wildman–Crippen MR) is 124 cm³/mol. The second kappa shape index (κ2) is 9.04. The van der Waals surface area contributed by atoms with E-state index >= 15 is 0 Å². The Kier molecular flexibility index (Phi) is 6.20. The van der Waals surface area contributed by atoms with Gasteiger partial charge in [0.05, 0.1) is 16.8 Å². The van der Waals surface area contributed by atoms with Crippen molar-refractivity contribution in [1.29, 1.82) is 0 Å². The minimum atomic E-state index is 0.0276. The quantitative estimate of drug-likeness (QED) is 0.629. The first kappa shape index (κ1) is 21.3. The van der Waals surface area contributed by atoms with Gasteiger partial charge in [-0.25, -0.2) is 14.6 Å². The van der Waals surface area contributed by atoms with Crippen LogP contribution in [0, 0.1) is 12.8 Å². The van der Waals surface area contributed by atoms with Crippen molar-refractivity contribution in [2.24, 2.45) is 5.92 Å². The molecule has 4 rings (SSSR count). The molecule has 0 aliphatic carbocycles. The maximum absolute atomic E-state index is 12.5. The van der Waals surface area contributed by atoms with Gasteiger partial charge in [-0.15, -0.1) is 0 Å². The van der Waals surface area contributed by atoms with Crippen molar-refractivity contribution < 1.29 is 4.79 Å². The number of para-hydroxylation sites is 1. The molecule has 1 saturated heterocycles. The van der Waals surface area contributed by atoms with Crippen molar-refractivity contribution in [2.75, 3.05) is 31.1 Å². The Hall–Kier alpha value is -2.96. The first-order valence-electron chi connectivity index (χ1n) is 11.3. The Morgan fingerprint density at radius 2 is 1.84 bits per heavy atom. The fraction of sp³-hybridized carbons (Fsp3) is 0.500. The summed E-state index contributed by atoms with van der Waals surface area (Å²) in [4.78, 5) is 26.7. The van der Waals surface area contributed by atoms with E-state index in [4.69, 9.17) is 15.1 Å². The van der Waals surface area contributed by atoms with E-state index in [2.05, 4.69) is 24.0 Å². The van der Waals surface area contributed by atoms with Crippen LogP contribution < -0.4 is 4.90 Å². The first-order valence-corrected chi connectivity index (χ1v) is 11.3. The molecular formula is C24H32N6O. The Bertz CT molecular complexity index is 1060. The fourth-order valence-electron chi connectivity index (χ4n) is 4.23. The van der Waals surface area contributed by atoms with Crippen molar-refractivity contribution in [1.82, 2.24) is 24.6 Å². The second-order valence-corrected chi connectivity index (χ2v) is 8.57. The van der Waals surface area contributed by atoms with E-state index in [9.17, 15) is 4.79 Å². The normalized spacial score (nSPS) is 15.0. The maximum atomic E-state index is 12.5. The van der Waals surface area contributed by atoms with E-state index in [1.54, 1.807) is 0 Å². The Balaban J connectivity index is 1.77.